The summed E-state index contributed by atoms with van der Waals surface area (Å²) in [6.07, 6.45) is -3.26. The Labute approximate surface area is 187 Å². The maximum atomic E-state index is 12.8. The third-order valence-corrected chi connectivity index (χ3v) is 5.43. The van der Waals surface area contributed by atoms with Gasteiger partial charge in [0.1, 0.15) is 16.6 Å². The second-order valence-corrected chi connectivity index (χ2v) is 7.95. The molecule has 2 aromatic rings. The van der Waals surface area contributed by atoms with Crippen molar-refractivity contribution >= 4 is 51.9 Å². The first-order chi connectivity index (χ1) is 15.0. The topological polar surface area (TPSA) is 110 Å². The van der Waals surface area contributed by atoms with Crippen molar-refractivity contribution in [2.24, 2.45) is 0 Å². The van der Waals surface area contributed by atoms with Crippen molar-refractivity contribution in [3.8, 4) is 11.5 Å². The number of rotatable bonds is 6. The van der Waals surface area contributed by atoms with Crippen LogP contribution in [0.3, 0.4) is 0 Å². The molecule has 1 fully saturated rings. The normalized spacial score (nSPS) is 15.3. The number of thioether (sulfide) groups is 1. The number of carbonyl (C=O) groups excluding carboxylic acids is 1. The second-order valence-electron chi connectivity index (χ2n) is 6.27. The number of carbonyl (C=O) groups is 2. The SMILES string of the molecule is O=C(O)CN1C(=O)C(=Cc2ccc(Oc3ccc(C(F)(F)F)cc3[N+](=O)[O-])cc2)SC1=S. The van der Waals surface area contributed by atoms with Crippen LogP contribution in [0.2, 0.25) is 0 Å². The summed E-state index contributed by atoms with van der Waals surface area (Å²) in [5, 5.41) is 20.0. The lowest BCUT2D eigenvalue weighted by atomic mass is 10.1. The van der Waals surface area contributed by atoms with Gasteiger partial charge in [-0.15, -0.1) is 0 Å². The van der Waals surface area contributed by atoms with Crippen LogP contribution in [-0.4, -0.2) is 37.7 Å². The Morgan fingerprint density at radius 3 is 2.47 bits per heavy atom. The number of amides is 1. The fraction of sp³-hybridized carbons (Fsp3) is 0.105. The monoisotopic (exact) mass is 484 g/mol. The van der Waals surface area contributed by atoms with Crippen molar-refractivity contribution in [1.29, 1.82) is 0 Å². The predicted octanol–water partition coefficient (Wildman–Crippen LogP) is 4.69. The minimum absolute atomic E-state index is 0.109. The van der Waals surface area contributed by atoms with E-state index >= 15 is 0 Å². The zero-order chi connectivity index (χ0) is 23.6. The maximum absolute atomic E-state index is 12.8. The molecule has 166 valence electrons. The molecule has 1 amide bonds. The molecule has 1 heterocycles. The van der Waals surface area contributed by atoms with E-state index in [1.54, 1.807) is 0 Å². The summed E-state index contributed by atoms with van der Waals surface area (Å²) >= 11 is 5.95. The van der Waals surface area contributed by atoms with Crippen LogP contribution >= 0.6 is 24.0 Å². The lowest BCUT2D eigenvalue weighted by Crippen LogP contribution is -2.33. The molecule has 1 N–H and O–H groups in total. The van der Waals surface area contributed by atoms with Gasteiger partial charge in [0.05, 0.1) is 15.4 Å². The van der Waals surface area contributed by atoms with Crippen molar-refractivity contribution in [3.63, 3.8) is 0 Å². The molecule has 0 atom stereocenters. The molecule has 1 aliphatic rings. The number of aliphatic carboxylic acids is 1. The first-order valence-corrected chi connectivity index (χ1v) is 9.79. The maximum Gasteiger partial charge on any atom is 0.416 e. The highest BCUT2D eigenvalue weighted by Gasteiger charge is 2.34. The Balaban J connectivity index is 1.79. The van der Waals surface area contributed by atoms with Crippen molar-refractivity contribution in [2.45, 2.75) is 6.18 Å². The van der Waals surface area contributed by atoms with E-state index in [1.807, 2.05) is 0 Å². The van der Waals surface area contributed by atoms with E-state index in [-0.39, 0.29) is 20.7 Å². The summed E-state index contributed by atoms with van der Waals surface area (Å²) < 4.78 is 43.9. The molecule has 3 rings (SSSR count). The zero-order valence-corrected chi connectivity index (χ0v) is 17.3. The summed E-state index contributed by atoms with van der Waals surface area (Å²) in [5.74, 6) is -2.02. The number of thiocarbonyl (C=S) groups is 1. The van der Waals surface area contributed by atoms with Gasteiger partial charge < -0.3 is 9.84 Å². The van der Waals surface area contributed by atoms with Crippen LogP contribution < -0.4 is 4.74 Å². The van der Waals surface area contributed by atoms with Gasteiger partial charge in [0, 0.05) is 6.07 Å². The molecule has 0 unspecified atom stereocenters. The number of nitro benzene ring substituents is 1. The molecule has 0 saturated carbocycles. The largest absolute Gasteiger partial charge is 0.480 e. The van der Waals surface area contributed by atoms with Crippen LogP contribution in [-0.2, 0) is 15.8 Å². The third kappa shape index (κ3) is 5.23. The average Bonchev–Trinajstić information content (AvgIpc) is 2.95. The molecule has 13 heteroatoms. The van der Waals surface area contributed by atoms with Gasteiger partial charge in [0.15, 0.2) is 0 Å². The average molecular weight is 484 g/mol. The molecule has 2 aromatic carbocycles. The number of hydrogen-bond donors (Lipinski definition) is 1. The van der Waals surface area contributed by atoms with Crippen LogP contribution in [0.4, 0.5) is 18.9 Å². The van der Waals surface area contributed by atoms with Gasteiger partial charge in [-0.05, 0) is 35.9 Å². The summed E-state index contributed by atoms with van der Waals surface area (Å²) in [6, 6.07) is 7.77. The molecule has 1 aliphatic heterocycles. The number of hydrogen-bond acceptors (Lipinski definition) is 7. The molecule has 32 heavy (non-hydrogen) atoms. The van der Waals surface area contributed by atoms with E-state index in [0.29, 0.717) is 17.7 Å². The van der Waals surface area contributed by atoms with Gasteiger partial charge in [-0.2, -0.15) is 13.2 Å². The number of ether oxygens (including phenoxy) is 1. The van der Waals surface area contributed by atoms with E-state index in [1.165, 1.54) is 30.3 Å². The van der Waals surface area contributed by atoms with Crippen molar-refractivity contribution in [1.82, 2.24) is 4.90 Å². The van der Waals surface area contributed by atoms with E-state index in [4.69, 9.17) is 22.1 Å². The van der Waals surface area contributed by atoms with E-state index in [2.05, 4.69) is 0 Å². The number of carboxylic acids is 1. The summed E-state index contributed by atoms with van der Waals surface area (Å²) in [6.45, 7) is -0.555. The molecule has 0 radical (unpaired) electrons. The first-order valence-electron chi connectivity index (χ1n) is 8.56. The Kier molecular flexibility index (Phi) is 6.50. The number of benzene rings is 2. The Morgan fingerprint density at radius 1 is 1.25 bits per heavy atom. The Morgan fingerprint density at radius 2 is 1.91 bits per heavy atom. The fourth-order valence-electron chi connectivity index (χ4n) is 2.60. The van der Waals surface area contributed by atoms with Crippen molar-refractivity contribution < 1.29 is 37.5 Å². The minimum atomic E-state index is -4.74. The van der Waals surface area contributed by atoms with E-state index < -0.39 is 40.8 Å². The van der Waals surface area contributed by atoms with Crippen LogP contribution in [0.5, 0.6) is 11.5 Å². The summed E-state index contributed by atoms with van der Waals surface area (Å²) in [7, 11) is 0. The van der Waals surface area contributed by atoms with Gasteiger partial charge in [-0.3, -0.25) is 24.6 Å². The van der Waals surface area contributed by atoms with Gasteiger partial charge in [0.25, 0.3) is 5.91 Å². The van der Waals surface area contributed by atoms with Gasteiger partial charge in [-0.1, -0.05) is 36.1 Å². The highest BCUT2D eigenvalue weighted by Crippen LogP contribution is 2.38. The molecule has 1 saturated heterocycles. The Hall–Kier alpha value is -3.45. The number of carboxylic acid groups (broad SMARTS) is 1. The standard InChI is InChI=1S/C19H11F3N2O6S2/c20-19(21,22)11-3-6-14(13(8-11)24(28)29)30-12-4-1-10(2-5-12)7-15-17(27)23(9-16(25)26)18(31)32-15/h1-8H,9H2,(H,25,26). The minimum Gasteiger partial charge on any atom is -0.480 e. The predicted molar refractivity (Wildman–Crippen MR) is 112 cm³/mol. The first kappa shape index (κ1) is 23.2. The number of nitro groups is 1. The van der Waals surface area contributed by atoms with E-state index in [0.717, 1.165) is 22.7 Å². The molecule has 0 spiro atoms. The molecule has 0 aromatic heterocycles. The van der Waals surface area contributed by atoms with Crippen LogP contribution in [0.1, 0.15) is 11.1 Å². The number of alkyl halides is 3. The van der Waals surface area contributed by atoms with Crippen molar-refractivity contribution in [2.75, 3.05) is 6.54 Å². The lowest BCUT2D eigenvalue weighted by Gasteiger charge is -2.10. The molecule has 8 nitrogen and oxygen atoms in total. The van der Waals surface area contributed by atoms with Gasteiger partial charge in [-0.25, -0.2) is 0 Å². The zero-order valence-electron chi connectivity index (χ0n) is 15.7. The van der Waals surface area contributed by atoms with Crippen LogP contribution in [0.25, 0.3) is 6.08 Å². The van der Waals surface area contributed by atoms with Gasteiger partial charge >= 0.3 is 17.8 Å². The highest BCUT2D eigenvalue weighted by atomic mass is 32.2. The lowest BCUT2D eigenvalue weighted by molar-refractivity contribution is -0.385. The van der Waals surface area contributed by atoms with Crippen LogP contribution in [0.15, 0.2) is 47.4 Å². The van der Waals surface area contributed by atoms with E-state index in [9.17, 15) is 32.9 Å². The number of halogens is 3. The van der Waals surface area contributed by atoms with Crippen LogP contribution in [0, 0.1) is 10.1 Å². The quantitative estimate of drug-likeness (QED) is 0.272. The van der Waals surface area contributed by atoms with Crippen molar-refractivity contribution in [3.05, 3.63) is 68.6 Å². The fourth-order valence-corrected chi connectivity index (χ4v) is 3.86. The summed E-state index contributed by atoms with van der Waals surface area (Å²) in [5.41, 5.74) is -1.49. The molecule has 0 bridgehead atoms. The molecular formula is C19H11F3N2O6S2. The summed E-state index contributed by atoms with van der Waals surface area (Å²) in [4.78, 5) is 34.5. The smallest absolute Gasteiger partial charge is 0.416 e. The highest BCUT2D eigenvalue weighted by molar-refractivity contribution is 8.26. The number of nitrogens with zero attached hydrogens (tertiary/aromatic N) is 2. The second kappa shape index (κ2) is 8.96. The third-order valence-electron chi connectivity index (χ3n) is 4.06. The molecular weight excluding hydrogens is 473 g/mol. The molecule has 0 aliphatic carbocycles. The Bertz CT molecular complexity index is 1150. The van der Waals surface area contributed by atoms with Gasteiger partial charge in [0.2, 0.25) is 5.75 Å².